The SMILES string of the molecule is CN(CCSc1ncc(Br)cn1)Cc1ccccc1. The fraction of sp³-hybridized carbons (Fsp3) is 0.286. The zero-order valence-corrected chi connectivity index (χ0v) is 13.2. The molecule has 0 aliphatic carbocycles. The summed E-state index contributed by atoms with van der Waals surface area (Å²) in [5.74, 6) is 0.991. The maximum Gasteiger partial charge on any atom is 0.187 e. The van der Waals surface area contributed by atoms with E-state index in [1.807, 2.05) is 6.07 Å². The van der Waals surface area contributed by atoms with Gasteiger partial charge in [0.05, 0.1) is 4.47 Å². The minimum atomic E-state index is 0.830. The van der Waals surface area contributed by atoms with Gasteiger partial charge in [-0.2, -0.15) is 0 Å². The lowest BCUT2D eigenvalue weighted by atomic mass is 10.2. The van der Waals surface area contributed by atoms with Crippen LogP contribution in [-0.4, -0.2) is 34.2 Å². The second-order valence-electron chi connectivity index (χ2n) is 4.26. The average Bonchev–Trinajstić information content (AvgIpc) is 2.42. The van der Waals surface area contributed by atoms with Crippen LogP contribution < -0.4 is 0 Å². The predicted octanol–water partition coefficient (Wildman–Crippen LogP) is 3.46. The fourth-order valence-electron chi connectivity index (χ4n) is 1.64. The lowest BCUT2D eigenvalue weighted by Gasteiger charge is -2.15. The molecule has 2 rings (SSSR count). The molecular weight excluding hydrogens is 322 g/mol. The maximum atomic E-state index is 4.25. The molecule has 0 fully saturated rings. The molecule has 2 aromatic rings. The van der Waals surface area contributed by atoms with Gasteiger partial charge in [0.25, 0.3) is 0 Å². The number of benzene rings is 1. The van der Waals surface area contributed by atoms with Crippen molar-refractivity contribution < 1.29 is 0 Å². The van der Waals surface area contributed by atoms with E-state index in [0.29, 0.717) is 0 Å². The normalized spacial score (nSPS) is 10.9. The van der Waals surface area contributed by atoms with Gasteiger partial charge >= 0.3 is 0 Å². The summed E-state index contributed by atoms with van der Waals surface area (Å²) < 4.78 is 0.915. The van der Waals surface area contributed by atoms with Crippen molar-refractivity contribution in [2.24, 2.45) is 0 Å². The summed E-state index contributed by atoms with van der Waals surface area (Å²) in [5.41, 5.74) is 1.34. The van der Waals surface area contributed by atoms with Crippen LogP contribution in [0, 0.1) is 0 Å². The van der Waals surface area contributed by atoms with Crippen LogP contribution in [0.2, 0.25) is 0 Å². The van der Waals surface area contributed by atoms with E-state index in [-0.39, 0.29) is 0 Å². The van der Waals surface area contributed by atoms with Crippen molar-refractivity contribution in [2.75, 3.05) is 19.3 Å². The summed E-state index contributed by atoms with van der Waals surface area (Å²) >= 11 is 5.01. The first-order valence-corrected chi connectivity index (χ1v) is 7.85. The van der Waals surface area contributed by atoms with Crippen molar-refractivity contribution in [3.63, 3.8) is 0 Å². The number of hydrogen-bond donors (Lipinski definition) is 0. The summed E-state index contributed by atoms with van der Waals surface area (Å²) in [6.07, 6.45) is 3.56. The van der Waals surface area contributed by atoms with Gasteiger partial charge in [-0.15, -0.1) is 0 Å². The molecule has 3 nitrogen and oxygen atoms in total. The number of rotatable bonds is 6. The highest BCUT2D eigenvalue weighted by Crippen LogP contribution is 2.14. The minimum absolute atomic E-state index is 0.830. The highest BCUT2D eigenvalue weighted by atomic mass is 79.9. The molecule has 0 atom stereocenters. The minimum Gasteiger partial charge on any atom is -0.301 e. The van der Waals surface area contributed by atoms with Crippen molar-refractivity contribution in [1.29, 1.82) is 0 Å². The van der Waals surface area contributed by atoms with E-state index < -0.39 is 0 Å². The van der Waals surface area contributed by atoms with Gasteiger partial charge in [-0.25, -0.2) is 9.97 Å². The molecule has 1 heterocycles. The van der Waals surface area contributed by atoms with Crippen LogP contribution in [0.1, 0.15) is 5.56 Å². The molecule has 0 unspecified atom stereocenters. The Hall–Kier alpha value is -0.910. The second-order valence-corrected chi connectivity index (χ2v) is 6.23. The lowest BCUT2D eigenvalue weighted by Crippen LogP contribution is -2.20. The first kappa shape index (κ1) is 14.5. The lowest BCUT2D eigenvalue weighted by molar-refractivity contribution is 0.348. The van der Waals surface area contributed by atoms with Gasteiger partial charge < -0.3 is 4.90 Å². The Morgan fingerprint density at radius 3 is 2.53 bits per heavy atom. The Morgan fingerprint density at radius 1 is 1.16 bits per heavy atom. The summed E-state index contributed by atoms with van der Waals surface area (Å²) in [5, 5.41) is 0.830. The van der Waals surface area contributed by atoms with Gasteiger partial charge in [0.15, 0.2) is 5.16 Å². The summed E-state index contributed by atoms with van der Waals surface area (Å²) in [4.78, 5) is 10.8. The summed E-state index contributed by atoms with van der Waals surface area (Å²) in [7, 11) is 2.13. The number of halogens is 1. The van der Waals surface area contributed by atoms with Crippen LogP contribution in [0.15, 0.2) is 52.4 Å². The van der Waals surface area contributed by atoms with Crippen LogP contribution in [0.3, 0.4) is 0 Å². The van der Waals surface area contributed by atoms with E-state index in [4.69, 9.17) is 0 Å². The Kier molecular flexibility index (Phi) is 5.82. The third-order valence-corrected chi connectivity index (χ3v) is 3.86. The Labute approximate surface area is 126 Å². The van der Waals surface area contributed by atoms with Crippen molar-refractivity contribution in [3.05, 3.63) is 52.8 Å². The van der Waals surface area contributed by atoms with Gasteiger partial charge in [0, 0.05) is 31.2 Å². The molecule has 1 aromatic carbocycles. The largest absolute Gasteiger partial charge is 0.301 e. The van der Waals surface area contributed by atoms with Crippen LogP contribution in [0.5, 0.6) is 0 Å². The smallest absolute Gasteiger partial charge is 0.187 e. The average molecular weight is 338 g/mol. The monoisotopic (exact) mass is 337 g/mol. The Balaban J connectivity index is 1.72. The molecule has 100 valence electrons. The predicted molar refractivity (Wildman–Crippen MR) is 83.2 cm³/mol. The molecule has 0 saturated heterocycles. The molecular formula is C14H16BrN3S. The van der Waals surface area contributed by atoms with Crippen molar-refractivity contribution in [3.8, 4) is 0 Å². The Bertz CT molecular complexity index is 490. The molecule has 0 N–H and O–H groups in total. The van der Waals surface area contributed by atoms with Gasteiger partial charge in [-0.05, 0) is 28.5 Å². The van der Waals surface area contributed by atoms with Crippen molar-refractivity contribution in [2.45, 2.75) is 11.7 Å². The molecule has 5 heteroatoms. The molecule has 1 aromatic heterocycles. The fourth-order valence-corrected chi connectivity index (χ4v) is 2.69. The number of hydrogen-bond acceptors (Lipinski definition) is 4. The third kappa shape index (κ3) is 5.30. The quantitative estimate of drug-likeness (QED) is 0.596. The van der Waals surface area contributed by atoms with E-state index >= 15 is 0 Å². The van der Waals surface area contributed by atoms with Gasteiger partial charge in [0.1, 0.15) is 0 Å². The van der Waals surface area contributed by atoms with Gasteiger partial charge in [-0.1, -0.05) is 42.1 Å². The van der Waals surface area contributed by atoms with Crippen LogP contribution >= 0.6 is 27.7 Å². The second kappa shape index (κ2) is 7.62. The van der Waals surface area contributed by atoms with E-state index in [1.54, 1.807) is 24.2 Å². The van der Waals surface area contributed by atoms with Crippen LogP contribution in [0.25, 0.3) is 0 Å². The zero-order valence-electron chi connectivity index (χ0n) is 10.8. The molecule has 0 radical (unpaired) electrons. The van der Waals surface area contributed by atoms with Crippen molar-refractivity contribution in [1.82, 2.24) is 14.9 Å². The van der Waals surface area contributed by atoms with Gasteiger partial charge in [-0.3, -0.25) is 0 Å². The van der Waals surface area contributed by atoms with E-state index in [1.165, 1.54) is 5.56 Å². The summed E-state index contributed by atoms with van der Waals surface area (Å²) in [6, 6.07) is 10.5. The molecule has 0 aliphatic heterocycles. The zero-order chi connectivity index (χ0) is 13.5. The van der Waals surface area contributed by atoms with Crippen LogP contribution in [-0.2, 0) is 6.54 Å². The van der Waals surface area contributed by atoms with Crippen molar-refractivity contribution >= 4 is 27.7 Å². The molecule has 0 bridgehead atoms. The van der Waals surface area contributed by atoms with E-state index in [9.17, 15) is 0 Å². The van der Waals surface area contributed by atoms with Gasteiger partial charge in [0.2, 0.25) is 0 Å². The first-order chi connectivity index (χ1) is 9.24. The molecule has 0 aliphatic rings. The number of nitrogens with zero attached hydrogens (tertiary/aromatic N) is 3. The standard InChI is InChI=1S/C14H16BrN3S/c1-18(11-12-5-3-2-4-6-12)7-8-19-14-16-9-13(15)10-17-14/h2-6,9-10H,7-8,11H2,1H3. The molecule has 19 heavy (non-hydrogen) atoms. The number of thioether (sulfide) groups is 1. The third-order valence-electron chi connectivity index (χ3n) is 2.60. The molecule has 0 spiro atoms. The maximum absolute atomic E-state index is 4.25. The highest BCUT2D eigenvalue weighted by molar-refractivity contribution is 9.10. The van der Waals surface area contributed by atoms with E-state index in [0.717, 1.165) is 28.5 Å². The highest BCUT2D eigenvalue weighted by Gasteiger charge is 2.02. The molecule has 0 amide bonds. The Morgan fingerprint density at radius 2 is 1.84 bits per heavy atom. The van der Waals surface area contributed by atoms with E-state index in [2.05, 4.69) is 62.1 Å². The molecule has 0 saturated carbocycles. The number of aromatic nitrogens is 2. The van der Waals surface area contributed by atoms with Crippen LogP contribution in [0.4, 0.5) is 0 Å². The first-order valence-electron chi connectivity index (χ1n) is 6.07. The topological polar surface area (TPSA) is 29.0 Å². The summed E-state index contributed by atoms with van der Waals surface area (Å²) in [6.45, 7) is 1.99.